The summed E-state index contributed by atoms with van der Waals surface area (Å²) < 4.78 is 28.7. The Kier molecular flexibility index (Phi) is 5.24. The van der Waals surface area contributed by atoms with E-state index in [0.29, 0.717) is 32.6 Å². The third kappa shape index (κ3) is 3.39. The molecule has 0 amide bonds. The summed E-state index contributed by atoms with van der Waals surface area (Å²) in [7, 11) is -3.38. The summed E-state index contributed by atoms with van der Waals surface area (Å²) in [6, 6.07) is 5.74. The second kappa shape index (κ2) is 6.77. The molecular weight excluding hydrogens is 286 g/mol. The lowest BCUT2D eigenvalue weighted by molar-refractivity contribution is 0.323. The van der Waals surface area contributed by atoms with E-state index < -0.39 is 10.2 Å². The largest absolute Gasteiger partial charge is 0.398 e. The Labute approximate surface area is 127 Å². The van der Waals surface area contributed by atoms with Crippen molar-refractivity contribution in [3.05, 3.63) is 29.3 Å². The molecule has 0 radical (unpaired) electrons. The predicted octanol–water partition coefficient (Wildman–Crippen LogP) is 1.99. The van der Waals surface area contributed by atoms with Gasteiger partial charge in [-0.1, -0.05) is 26.0 Å². The maximum Gasteiger partial charge on any atom is 0.282 e. The topological polar surface area (TPSA) is 66.6 Å². The molecule has 1 aromatic rings. The number of anilines is 1. The maximum absolute atomic E-state index is 12.8. The number of nitrogen functional groups attached to an aromatic ring is 1. The van der Waals surface area contributed by atoms with Crippen molar-refractivity contribution >= 4 is 15.9 Å². The molecule has 21 heavy (non-hydrogen) atoms. The number of nitrogens with zero attached hydrogens (tertiary/aromatic N) is 2. The molecule has 0 spiro atoms. The van der Waals surface area contributed by atoms with Crippen LogP contribution in [0.4, 0.5) is 5.69 Å². The van der Waals surface area contributed by atoms with Gasteiger partial charge in [-0.2, -0.15) is 17.0 Å². The molecule has 1 heterocycles. The maximum atomic E-state index is 12.8. The molecule has 118 valence electrons. The van der Waals surface area contributed by atoms with Gasteiger partial charge < -0.3 is 5.73 Å². The average molecular weight is 311 g/mol. The highest BCUT2D eigenvalue weighted by Gasteiger charge is 2.31. The van der Waals surface area contributed by atoms with Gasteiger partial charge >= 0.3 is 0 Å². The van der Waals surface area contributed by atoms with E-state index in [1.54, 1.807) is 8.61 Å². The number of hydrogen-bond donors (Lipinski definition) is 1. The van der Waals surface area contributed by atoms with E-state index in [-0.39, 0.29) is 0 Å². The van der Waals surface area contributed by atoms with Gasteiger partial charge in [0.25, 0.3) is 10.2 Å². The van der Waals surface area contributed by atoms with Crippen LogP contribution < -0.4 is 5.73 Å². The van der Waals surface area contributed by atoms with Crippen LogP contribution in [-0.4, -0.2) is 36.7 Å². The summed E-state index contributed by atoms with van der Waals surface area (Å²) in [6.45, 7) is 6.10. The van der Waals surface area contributed by atoms with E-state index >= 15 is 0 Å². The molecule has 0 unspecified atom stereocenters. The molecule has 2 rings (SSSR count). The summed E-state index contributed by atoms with van der Waals surface area (Å²) >= 11 is 0. The number of nitrogens with two attached hydrogens (primary N) is 1. The minimum Gasteiger partial charge on any atom is -0.398 e. The molecule has 5 nitrogen and oxygen atoms in total. The first kappa shape index (κ1) is 16.3. The van der Waals surface area contributed by atoms with Gasteiger partial charge in [0, 0.05) is 31.9 Å². The molecule has 0 aliphatic carbocycles. The van der Waals surface area contributed by atoms with Crippen molar-refractivity contribution in [1.29, 1.82) is 0 Å². The Hall–Kier alpha value is -1.11. The summed E-state index contributed by atoms with van der Waals surface area (Å²) in [6.07, 6.45) is 2.35. The minimum absolute atomic E-state index is 0.423. The Morgan fingerprint density at radius 1 is 1.24 bits per heavy atom. The highest BCUT2D eigenvalue weighted by molar-refractivity contribution is 7.86. The van der Waals surface area contributed by atoms with Gasteiger partial charge in [0.15, 0.2) is 0 Å². The van der Waals surface area contributed by atoms with Crippen LogP contribution in [0.5, 0.6) is 0 Å². The molecule has 0 fully saturated rings. The Balaban J connectivity index is 2.22. The summed E-state index contributed by atoms with van der Waals surface area (Å²) in [4.78, 5) is 0. The monoisotopic (exact) mass is 311 g/mol. The zero-order valence-corrected chi connectivity index (χ0v) is 13.7. The normalized spacial score (nSPS) is 16.1. The molecule has 0 saturated heterocycles. The number of benzene rings is 1. The van der Waals surface area contributed by atoms with Crippen LogP contribution in [0.15, 0.2) is 18.2 Å². The van der Waals surface area contributed by atoms with Crippen LogP contribution in [0.25, 0.3) is 0 Å². The van der Waals surface area contributed by atoms with Gasteiger partial charge in [-0.15, -0.1) is 0 Å². The van der Waals surface area contributed by atoms with Crippen LogP contribution in [0, 0.1) is 0 Å². The van der Waals surface area contributed by atoms with Crippen LogP contribution in [-0.2, 0) is 23.2 Å². The number of fused-ring (bicyclic) bond motifs is 1. The Bertz CT molecular complexity index is 581. The first-order chi connectivity index (χ1) is 10.0. The van der Waals surface area contributed by atoms with Gasteiger partial charge in [-0.05, 0) is 36.5 Å². The van der Waals surface area contributed by atoms with Gasteiger partial charge in [-0.3, -0.25) is 0 Å². The molecule has 0 atom stereocenters. The van der Waals surface area contributed by atoms with Crippen molar-refractivity contribution in [2.24, 2.45) is 0 Å². The Morgan fingerprint density at radius 2 is 1.90 bits per heavy atom. The molecular formula is C15H25N3O2S. The van der Waals surface area contributed by atoms with Crippen molar-refractivity contribution in [1.82, 2.24) is 8.61 Å². The molecule has 0 aromatic heterocycles. The highest BCUT2D eigenvalue weighted by Crippen LogP contribution is 2.26. The summed E-state index contributed by atoms with van der Waals surface area (Å²) in [5.41, 5.74) is 8.86. The number of rotatable bonds is 6. The fourth-order valence-corrected chi connectivity index (χ4v) is 4.59. The molecule has 2 N–H and O–H groups in total. The first-order valence-corrected chi connectivity index (χ1v) is 9.01. The van der Waals surface area contributed by atoms with Crippen LogP contribution in [0.2, 0.25) is 0 Å². The molecule has 0 saturated carbocycles. The zero-order chi connectivity index (χ0) is 15.5. The first-order valence-electron chi connectivity index (χ1n) is 7.62. The standard InChI is InChI=1S/C15H25N3O2S/c1-3-9-17(10-4-2)21(19,20)18-11-8-14-13(12-18)6-5-7-15(14)16/h5-7H,3-4,8-12,16H2,1-2H3. The van der Waals surface area contributed by atoms with Gasteiger partial charge in [0.2, 0.25) is 0 Å². The van der Waals surface area contributed by atoms with E-state index in [1.807, 2.05) is 32.0 Å². The summed E-state index contributed by atoms with van der Waals surface area (Å²) in [5, 5.41) is 0. The molecule has 6 heteroatoms. The second-order valence-electron chi connectivity index (χ2n) is 5.48. The second-order valence-corrected chi connectivity index (χ2v) is 7.40. The van der Waals surface area contributed by atoms with Gasteiger partial charge in [-0.25, -0.2) is 0 Å². The van der Waals surface area contributed by atoms with Crippen molar-refractivity contribution in [3.63, 3.8) is 0 Å². The smallest absolute Gasteiger partial charge is 0.282 e. The summed E-state index contributed by atoms with van der Waals surface area (Å²) in [5.74, 6) is 0. The average Bonchev–Trinajstić information content (AvgIpc) is 2.47. The lowest BCUT2D eigenvalue weighted by Crippen LogP contribution is -2.46. The van der Waals surface area contributed by atoms with E-state index in [2.05, 4.69) is 0 Å². The zero-order valence-electron chi connectivity index (χ0n) is 12.9. The third-order valence-corrected chi connectivity index (χ3v) is 5.85. The van der Waals surface area contributed by atoms with E-state index in [0.717, 1.165) is 29.7 Å². The van der Waals surface area contributed by atoms with Crippen molar-refractivity contribution < 1.29 is 8.42 Å². The lowest BCUT2D eigenvalue weighted by atomic mass is 9.99. The fraction of sp³-hybridized carbons (Fsp3) is 0.600. The lowest BCUT2D eigenvalue weighted by Gasteiger charge is -2.33. The number of hydrogen-bond acceptors (Lipinski definition) is 3. The quantitative estimate of drug-likeness (QED) is 0.817. The van der Waals surface area contributed by atoms with Crippen LogP contribution in [0.3, 0.4) is 0 Å². The van der Waals surface area contributed by atoms with Crippen molar-refractivity contribution in [2.75, 3.05) is 25.4 Å². The fourth-order valence-electron chi connectivity index (χ4n) is 2.81. The molecule has 0 bridgehead atoms. The van der Waals surface area contributed by atoms with Crippen molar-refractivity contribution in [2.45, 2.75) is 39.7 Å². The SMILES string of the molecule is CCCN(CCC)S(=O)(=O)N1CCc2c(N)cccc2C1. The molecule has 1 aliphatic rings. The van der Waals surface area contributed by atoms with Crippen LogP contribution >= 0.6 is 0 Å². The predicted molar refractivity (Wildman–Crippen MR) is 86.0 cm³/mol. The van der Waals surface area contributed by atoms with E-state index in [1.165, 1.54) is 0 Å². The van der Waals surface area contributed by atoms with Gasteiger partial charge in [0.05, 0.1) is 0 Å². The minimum atomic E-state index is -3.38. The van der Waals surface area contributed by atoms with E-state index in [9.17, 15) is 8.42 Å². The Morgan fingerprint density at radius 3 is 2.52 bits per heavy atom. The van der Waals surface area contributed by atoms with Crippen molar-refractivity contribution in [3.8, 4) is 0 Å². The van der Waals surface area contributed by atoms with E-state index in [4.69, 9.17) is 5.73 Å². The van der Waals surface area contributed by atoms with Gasteiger partial charge in [0.1, 0.15) is 0 Å². The molecule has 1 aromatic carbocycles. The van der Waals surface area contributed by atoms with Crippen LogP contribution in [0.1, 0.15) is 37.8 Å². The third-order valence-electron chi connectivity index (χ3n) is 3.87. The molecule has 1 aliphatic heterocycles. The highest BCUT2D eigenvalue weighted by atomic mass is 32.2.